The van der Waals surface area contributed by atoms with Gasteiger partial charge in [0, 0.05) is 38.0 Å². The van der Waals surface area contributed by atoms with Gasteiger partial charge in [-0.25, -0.2) is 0 Å². The minimum Gasteiger partial charge on any atom is -0.347 e. The van der Waals surface area contributed by atoms with Crippen LogP contribution in [0.15, 0.2) is 24.3 Å². The van der Waals surface area contributed by atoms with Gasteiger partial charge in [-0.15, -0.1) is 0 Å². The molecule has 0 radical (unpaired) electrons. The number of carbonyl (C=O) groups is 2. The molecule has 3 heterocycles. The number of piperidine rings is 1. The maximum atomic E-state index is 12.6. The highest BCUT2D eigenvalue weighted by atomic mass is 16.7. The van der Waals surface area contributed by atoms with Crippen LogP contribution >= 0.6 is 0 Å². The van der Waals surface area contributed by atoms with Gasteiger partial charge >= 0.3 is 0 Å². The van der Waals surface area contributed by atoms with Gasteiger partial charge in [-0.2, -0.15) is 0 Å². The van der Waals surface area contributed by atoms with E-state index in [1.165, 1.54) is 0 Å². The van der Waals surface area contributed by atoms with Crippen LogP contribution in [0.4, 0.5) is 5.69 Å². The number of fused-ring (bicyclic) bond motifs is 1. The Hall–Kier alpha value is -1.92. The van der Waals surface area contributed by atoms with Crippen LogP contribution in [0.2, 0.25) is 0 Å². The molecule has 4 rings (SSSR count). The number of ether oxygens (including phenoxy) is 2. The van der Waals surface area contributed by atoms with Crippen LogP contribution < -0.4 is 5.32 Å². The first kappa shape index (κ1) is 14.7. The molecule has 1 N–H and O–H groups in total. The highest BCUT2D eigenvalue weighted by Gasteiger charge is 2.41. The number of hydrogen-bond donors (Lipinski definition) is 1. The average Bonchev–Trinajstić information content (AvgIpc) is 3.14. The summed E-state index contributed by atoms with van der Waals surface area (Å²) in [5, 5.41) is 2.85. The Labute approximate surface area is 134 Å². The Balaban J connectivity index is 1.40. The second-order valence-corrected chi connectivity index (χ2v) is 6.32. The molecule has 2 saturated heterocycles. The Bertz CT molecular complexity index is 629. The zero-order valence-electron chi connectivity index (χ0n) is 12.9. The summed E-state index contributed by atoms with van der Waals surface area (Å²) in [6.07, 6.45) is 1.62. The van der Waals surface area contributed by atoms with Gasteiger partial charge in [0.15, 0.2) is 5.79 Å². The van der Waals surface area contributed by atoms with Crippen molar-refractivity contribution in [3.8, 4) is 0 Å². The van der Waals surface area contributed by atoms with Crippen molar-refractivity contribution in [3.63, 3.8) is 0 Å². The highest BCUT2D eigenvalue weighted by molar-refractivity contribution is 6.04. The topological polar surface area (TPSA) is 67.9 Å². The predicted molar refractivity (Wildman–Crippen MR) is 82.9 cm³/mol. The molecule has 3 aliphatic rings. The van der Waals surface area contributed by atoms with Gasteiger partial charge in [-0.3, -0.25) is 9.59 Å². The number of anilines is 1. The van der Waals surface area contributed by atoms with Gasteiger partial charge in [0.25, 0.3) is 0 Å². The smallest absolute Gasteiger partial charge is 0.232 e. The Morgan fingerprint density at radius 2 is 1.91 bits per heavy atom. The fourth-order valence-corrected chi connectivity index (χ4v) is 3.66. The summed E-state index contributed by atoms with van der Waals surface area (Å²) in [5.41, 5.74) is 1.74. The molecule has 1 atom stereocenters. The van der Waals surface area contributed by atoms with Gasteiger partial charge < -0.3 is 19.7 Å². The van der Waals surface area contributed by atoms with Crippen molar-refractivity contribution in [1.82, 2.24) is 4.90 Å². The van der Waals surface area contributed by atoms with E-state index in [1.54, 1.807) is 0 Å². The third-order valence-electron chi connectivity index (χ3n) is 4.98. The lowest BCUT2D eigenvalue weighted by Crippen LogP contribution is -2.47. The molecular formula is C17H20N2O4. The zero-order chi connectivity index (χ0) is 15.9. The van der Waals surface area contributed by atoms with Crippen molar-refractivity contribution < 1.29 is 19.1 Å². The van der Waals surface area contributed by atoms with Gasteiger partial charge in [0.05, 0.1) is 19.1 Å². The summed E-state index contributed by atoms with van der Waals surface area (Å²) >= 11 is 0. The molecule has 2 amide bonds. The number of rotatable bonds is 2. The minimum absolute atomic E-state index is 0.0229. The standard InChI is InChI=1S/C17H20N2O4/c20-15(19-7-5-17(6-8-19)22-9-10-23-17)11-13-12-3-1-2-4-14(12)18-16(13)21/h1-4,13H,5-11H2,(H,18,21). The molecule has 0 saturated carbocycles. The van der Waals surface area contributed by atoms with Gasteiger partial charge in [0.2, 0.25) is 11.8 Å². The van der Waals surface area contributed by atoms with Gasteiger partial charge in [0.1, 0.15) is 0 Å². The van der Waals surface area contributed by atoms with Crippen LogP contribution in [0.25, 0.3) is 0 Å². The average molecular weight is 316 g/mol. The van der Waals surface area contributed by atoms with Crippen LogP contribution in [-0.4, -0.2) is 48.8 Å². The molecule has 6 nitrogen and oxygen atoms in total. The number of nitrogens with zero attached hydrogens (tertiary/aromatic N) is 1. The van der Waals surface area contributed by atoms with E-state index in [4.69, 9.17) is 9.47 Å². The Morgan fingerprint density at radius 1 is 1.22 bits per heavy atom. The lowest BCUT2D eigenvalue weighted by molar-refractivity contribution is -0.187. The number of nitrogens with one attached hydrogen (secondary N) is 1. The summed E-state index contributed by atoms with van der Waals surface area (Å²) in [6, 6.07) is 7.57. The molecule has 6 heteroatoms. The maximum Gasteiger partial charge on any atom is 0.232 e. The molecule has 0 aromatic heterocycles. The van der Waals surface area contributed by atoms with Crippen LogP contribution in [-0.2, 0) is 19.1 Å². The molecule has 3 aliphatic heterocycles. The normalized spacial score (nSPS) is 25.5. The summed E-state index contributed by atoms with van der Waals surface area (Å²) in [4.78, 5) is 26.5. The lowest BCUT2D eigenvalue weighted by Gasteiger charge is -2.37. The maximum absolute atomic E-state index is 12.6. The lowest BCUT2D eigenvalue weighted by atomic mass is 9.95. The second-order valence-electron chi connectivity index (χ2n) is 6.32. The van der Waals surface area contributed by atoms with Crippen LogP contribution in [0.1, 0.15) is 30.7 Å². The van der Waals surface area contributed by atoms with E-state index in [9.17, 15) is 9.59 Å². The molecule has 23 heavy (non-hydrogen) atoms. The molecule has 1 aromatic carbocycles. The van der Waals surface area contributed by atoms with E-state index in [1.807, 2.05) is 29.2 Å². The SMILES string of the molecule is O=C1Nc2ccccc2C1CC(=O)N1CCC2(CC1)OCCO2. The fourth-order valence-electron chi connectivity index (χ4n) is 3.66. The molecule has 0 aliphatic carbocycles. The minimum atomic E-state index is -0.478. The quantitative estimate of drug-likeness (QED) is 0.897. The number of likely N-dealkylation sites (tertiary alicyclic amines) is 1. The van der Waals surface area contributed by atoms with Crippen molar-refractivity contribution in [3.05, 3.63) is 29.8 Å². The zero-order valence-corrected chi connectivity index (χ0v) is 12.9. The monoisotopic (exact) mass is 316 g/mol. The van der Waals surface area contributed by atoms with Crippen molar-refractivity contribution in [1.29, 1.82) is 0 Å². The fraction of sp³-hybridized carbons (Fsp3) is 0.529. The van der Waals surface area contributed by atoms with E-state index in [2.05, 4.69) is 5.32 Å². The number of amides is 2. The van der Waals surface area contributed by atoms with Crippen molar-refractivity contribution in [2.24, 2.45) is 0 Å². The summed E-state index contributed by atoms with van der Waals surface area (Å²) < 4.78 is 11.4. The van der Waals surface area contributed by atoms with Crippen molar-refractivity contribution in [2.45, 2.75) is 31.0 Å². The summed E-state index contributed by atoms with van der Waals surface area (Å²) in [6.45, 7) is 2.50. The number of hydrogen-bond acceptors (Lipinski definition) is 4. The molecule has 2 fully saturated rings. The first-order chi connectivity index (χ1) is 11.2. The number of carbonyl (C=O) groups excluding carboxylic acids is 2. The van der Waals surface area contributed by atoms with Crippen molar-refractivity contribution >= 4 is 17.5 Å². The van der Waals surface area contributed by atoms with Gasteiger partial charge in [-0.1, -0.05) is 18.2 Å². The van der Waals surface area contributed by atoms with E-state index < -0.39 is 5.79 Å². The van der Waals surface area contributed by atoms with Crippen LogP contribution in [0.3, 0.4) is 0 Å². The predicted octanol–water partition coefficient (Wildman–Crippen LogP) is 1.48. The van der Waals surface area contributed by atoms with Crippen LogP contribution in [0.5, 0.6) is 0 Å². The Morgan fingerprint density at radius 3 is 2.65 bits per heavy atom. The Kier molecular flexibility index (Phi) is 3.58. The van der Waals surface area contributed by atoms with Crippen molar-refractivity contribution in [2.75, 3.05) is 31.6 Å². The molecule has 122 valence electrons. The first-order valence-electron chi connectivity index (χ1n) is 8.12. The summed E-state index contributed by atoms with van der Waals surface area (Å²) in [7, 11) is 0. The van der Waals surface area contributed by atoms with E-state index >= 15 is 0 Å². The molecule has 1 aromatic rings. The third kappa shape index (κ3) is 2.62. The van der Waals surface area contributed by atoms with E-state index in [0.717, 1.165) is 11.3 Å². The highest BCUT2D eigenvalue weighted by Crippen LogP contribution is 2.36. The largest absolute Gasteiger partial charge is 0.347 e. The molecule has 1 spiro atoms. The second kappa shape index (κ2) is 5.62. The number of para-hydroxylation sites is 1. The molecular weight excluding hydrogens is 296 g/mol. The first-order valence-corrected chi connectivity index (χ1v) is 8.12. The van der Waals surface area contributed by atoms with E-state index in [-0.39, 0.29) is 24.2 Å². The van der Waals surface area contributed by atoms with Crippen LogP contribution in [0, 0.1) is 0 Å². The third-order valence-corrected chi connectivity index (χ3v) is 4.98. The molecule has 1 unspecified atom stereocenters. The number of benzene rings is 1. The van der Waals surface area contributed by atoms with Gasteiger partial charge in [-0.05, 0) is 11.6 Å². The van der Waals surface area contributed by atoms with E-state index in [0.29, 0.717) is 39.1 Å². The summed E-state index contributed by atoms with van der Waals surface area (Å²) in [5.74, 6) is -0.924. The molecule has 0 bridgehead atoms.